The first-order valence-corrected chi connectivity index (χ1v) is 21.8. The highest BCUT2D eigenvalue weighted by Gasteiger charge is 2.52. The number of ether oxygens (including phenoxy) is 1. The Hall–Kier alpha value is -1.22. The molecular formula is C35H55ClN6O5S2. The summed E-state index contributed by atoms with van der Waals surface area (Å²) in [5.41, 5.74) is 1.94. The zero-order chi connectivity index (χ0) is 34.4. The van der Waals surface area contributed by atoms with E-state index in [2.05, 4.69) is 34.2 Å². The van der Waals surface area contributed by atoms with E-state index < -0.39 is 27.2 Å². The molecular weight excluding hydrogens is 684 g/mol. The highest BCUT2D eigenvalue weighted by Crippen LogP contribution is 2.48. The summed E-state index contributed by atoms with van der Waals surface area (Å²) in [6.07, 6.45) is 11.1. The Morgan fingerprint density at radius 2 is 1.94 bits per heavy atom. The van der Waals surface area contributed by atoms with E-state index in [-0.39, 0.29) is 46.2 Å². The summed E-state index contributed by atoms with van der Waals surface area (Å²) < 4.78 is 37.1. The number of aryl methyl sites for hydroxylation is 2. The third kappa shape index (κ3) is 7.78. The molecule has 6 aliphatic rings. The van der Waals surface area contributed by atoms with Gasteiger partial charge in [0.05, 0.1) is 30.9 Å². The van der Waals surface area contributed by atoms with Crippen LogP contribution in [0.4, 0.5) is 0 Å². The van der Waals surface area contributed by atoms with Crippen molar-refractivity contribution < 1.29 is 17.9 Å². The lowest BCUT2D eigenvalue weighted by molar-refractivity contribution is -0.123. The number of sulfonamides is 1. The monoisotopic (exact) mass is 738 g/mol. The molecule has 1 amide bonds. The number of nitrogens with one attached hydrogen (secondary N) is 3. The summed E-state index contributed by atoms with van der Waals surface area (Å²) in [5.74, 6) is 1.01. The Bertz CT molecular complexity index is 1530. The predicted octanol–water partition coefficient (Wildman–Crippen LogP) is 2.94. The van der Waals surface area contributed by atoms with Crippen molar-refractivity contribution in [2.24, 2.45) is 17.8 Å². The number of alkyl halides is 1. The number of likely N-dealkylation sites (N-methyl/N-ethyl adjacent to an activating group) is 1. The number of nitrogens with zero attached hydrogens (tertiary/aromatic N) is 3. The molecule has 274 valence electrons. The average molecular weight is 739 g/mol. The van der Waals surface area contributed by atoms with Crippen LogP contribution >= 0.6 is 23.4 Å². The average Bonchev–Trinajstić information content (AvgIpc) is 3.85. The van der Waals surface area contributed by atoms with Crippen LogP contribution in [-0.2, 0) is 38.9 Å². The summed E-state index contributed by atoms with van der Waals surface area (Å²) >= 11 is 8.61. The van der Waals surface area contributed by atoms with E-state index in [0.29, 0.717) is 44.0 Å². The van der Waals surface area contributed by atoms with Crippen LogP contribution in [0.15, 0.2) is 4.79 Å². The molecule has 4 heterocycles. The van der Waals surface area contributed by atoms with Gasteiger partial charge < -0.3 is 15.0 Å². The van der Waals surface area contributed by atoms with Crippen LogP contribution in [-0.4, -0.2) is 101 Å². The van der Waals surface area contributed by atoms with E-state index >= 15 is 0 Å². The fourth-order valence-electron chi connectivity index (χ4n) is 9.50. The van der Waals surface area contributed by atoms with Crippen molar-refractivity contribution in [2.45, 2.75) is 144 Å². The minimum Gasteiger partial charge on any atom is -0.376 e. The zero-order valence-electron chi connectivity index (χ0n) is 29.2. The number of hydrogen-bond acceptors (Lipinski definition) is 10. The molecule has 0 bridgehead atoms. The van der Waals surface area contributed by atoms with Gasteiger partial charge >= 0.3 is 0 Å². The number of amides is 1. The number of halogens is 1. The number of rotatable bonds is 10. The van der Waals surface area contributed by atoms with Gasteiger partial charge in [-0.1, -0.05) is 0 Å². The van der Waals surface area contributed by atoms with Crippen LogP contribution in [0.25, 0.3) is 0 Å². The Morgan fingerprint density at radius 3 is 2.69 bits per heavy atom. The molecule has 9 unspecified atom stereocenters. The van der Waals surface area contributed by atoms with E-state index in [0.717, 1.165) is 74.9 Å². The van der Waals surface area contributed by atoms with Gasteiger partial charge in [-0.25, -0.2) is 13.4 Å². The molecule has 11 nitrogen and oxygen atoms in total. The lowest BCUT2D eigenvalue weighted by Crippen LogP contribution is -2.59. The van der Waals surface area contributed by atoms with Crippen molar-refractivity contribution in [1.29, 1.82) is 0 Å². The number of piperidine rings is 2. The lowest BCUT2D eigenvalue weighted by Gasteiger charge is -2.47. The largest absolute Gasteiger partial charge is 0.376 e. The highest BCUT2D eigenvalue weighted by atomic mass is 35.5. The topological polar surface area (TPSA) is 135 Å². The first-order valence-electron chi connectivity index (χ1n) is 18.7. The fraction of sp³-hybridized carbons (Fsp3) is 0.857. The van der Waals surface area contributed by atoms with Crippen LogP contribution in [0.3, 0.4) is 0 Å². The molecule has 49 heavy (non-hydrogen) atoms. The number of carbonyl (C=O) groups is 1. The van der Waals surface area contributed by atoms with Crippen molar-refractivity contribution in [3.63, 3.8) is 0 Å². The van der Waals surface area contributed by atoms with Crippen molar-refractivity contribution in [2.75, 3.05) is 26.0 Å². The maximum atomic E-state index is 13.8. The quantitative estimate of drug-likeness (QED) is 0.308. The second-order valence-electron chi connectivity index (χ2n) is 15.7. The molecule has 10 atom stereocenters. The van der Waals surface area contributed by atoms with Crippen molar-refractivity contribution >= 4 is 39.3 Å². The Morgan fingerprint density at radius 1 is 1.12 bits per heavy atom. The second-order valence-corrected chi connectivity index (χ2v) is 19.4. The van der Waals surface area contributed by atoms with Gasteiger partial charge in [0.2, 0.25) is 5.91 Å². The molecule has 5 fully saturated rings. The smallest absolute Gasteiger partial charge is 0.257 e. The predicted molar refractivity (Wildman–Crippen MR) is 193 cm³/mol. The van der Waals surface area contributed by atoms with Gasteiger partial charge in [-0.3, -0.25) is 24.2 Å². The summed E-state index contributed by atoms with van der Waals surface area (Å²) in [4.78, 5) is 34.7. The van der Waals surface area contributed by atoms with Gasteiger partial charge in [0.25, 0.3) is 15.6 Å². The molecule has 3 aliphatic carbocycles. The van der Waals surface area contributed by atoms with Crippen molar-refractivity contribution in [3.8, 4) is 0 Å². The Balaban J connectivity index is 1.01. The first-order chi connectivity index (χ1) is 23.5. The van der Waals surface area contributed by atoms with Gasteiger partial charge in [-0.05, 0) is 116 Å². The Labute approximate surface area is 300 Å². The van der Waals surface area contributed by atoms with Crippen molar-refractivity contribution in [1.82, 2.24) is 29.8 Å². The normalized spacial score (nSPS) is 36.7. The highest BCUT2D eigenvalue weighted by molar-refractivity contribution is 8.00. The fourth-order valence-corrected chi connectivity index (χ4v) is 13.0. The number of fused-ring (bicyclic) bond motifs is 2. The maximum Gasteiger partial charge on any atom is 0.257 e. The molecule has 3 N–H and O–H groups in total. The van der Waals surface area contributed by atoms with E-state index in [1.807, 2.05) is 11.5 Å². The van der Waals surface area contributed by atoms with Gasteiger partial charge in [0.15, 0.2) is 0 Å². The maximum absolute atomic E-state index is 13.8. The third-order valence-corrected chi connectivity index (χ3v) is 16.0. The molecule has 0 radical (unpaired) electrons. The minimum atomic E-state index is -3.79. The molecule has 3 aliphatic heterocycles. The van der Waals surface area contributed by atoms with Crippen LogP contribution in [0.2, 0.25) is 0 Å². The molecule has 1 aromatic rings. The van der Waals surface area contributed by atoms with E-state index in [1.54, 1.807) is 11.8 Å². The summed E-state index contributed by atoms with van der Waals surface area (Å²) in [6.45, 7) is 5.64. The van der Waals surface area contributed by atoms with E-state index in [1.165, 1.54) is 12.8 Å². The standard InChI is InChI=1S/C35H55ClN6O5S2/c1-20-16-26(33-32(38-20)28(19-48-33)34(43)40-49(45,46)31-6-4-5-13-37-31)25-17-22(36)7-12-30(25)47-15-14-42-21(2)39-29-11-10-24(18-27(29)35(42)44)41(3)23-8-9-23/h20,22-26,28,30-33,37-38H,4-19H2,1-3H3,(H,40,43)/t20?,22?,24-,25?,26?,28?,30?,31?,32?,33?/m0/s1. The number of hydrogen-bond donors (Lipinski definition) is 3. The summed E-state index contributed by atoms with van der Waals surface area (Å²) in [7, 11) is -1.58. The minimum absolute atomic E-state index is 0.00958. The van der Waals surface area contributed by atoms with Gasteiger partial charge in [-0.15, -0.1) is 11.6 Å². The van der Waals surface area contributed by atoms with Crippen LogP contribution in [0.5, 0.6) is 0 Å². The molecule has 2 saturated carbocycles. The summed E-state index contributed by atoms with van der Waals surface area (Å²) in [5, 5.41) is 6.26. The van der Waals surface area contributed by atoms with Gasteiger partial charge in [0.1, 0.15) is 11.2 Å². The SMILES string of the molecule is Cc1nc2c(c(=O)n1CCOC1CCC(Cl)CC1C1CC(C)NC3C(C(=O)NS(=O)(=O)C4CCCCN4)CSC13)C[C@@H](N(C)C1CC1)CC2. The van der Waals surface area contributed by atoms with Gasteiger partial charge in [0, 0.05) is 46.1 Å². The second kappa shape index (κ2) is 15.0. The van der Waals surface area contributed by atoms with Crippen molar-refractivity contribution in [3.05, 3.63) is 27.4 Å². The number of carbonyl (C=O) groups excluding carboxylic acids is 1. The molecule has 7 rings (SSSR count). The molecule has 0 aromatic carbocycles. The summed E-state index contributed by atoms with van der Waals surface area (Å²) in [6, 6.07) is 1.14. The molecule has 14 heteroatoms. The van der Waals surface area contributed by atoms with Gasteiger partial charge in [-0.2, -0.15) is 11.8 Å². The first kappa shape index (κ1) is 36.2. The van der Waals surface area contributed by atoms with Crippen LogP contribution < -0.4 is 20.9 Å². The van der Waals surface area contributed by atoms with Crippen LogP contribution in [0, 0.1) is 24.7 Å². The molecule has 0 spiro atoms. The Kier molecular flexibility index (Phi) is 11.1. The number of thioether (sulfide) groups is 1. The van der Waals surface area contributed by atoms with E-state index in [4.69, 9.17) is 21.3 Å². The van der Waals surface area contributed by atoms with E-state index in [9.17, 15) is 18.0 Å². The third-order valence-electron chi connectivity index (χ3n) is 12.4. The molecule has 1 aromatic heterocycles. The molecule has 3 saturated heterocycles. The van der Waals surface area contributed by atoms with Crippen LogP contribution in [0.1, 0.15) is 88.2 Å². The number of aromatic nitrogens is 2. The lowest BCUT2D eigenvalue weighted by atomic mass is 9.70. The zero-order valence-corrected chi connectivity index (χ0v) is 31.6.